The Bertz CT molecular complexity index is 1120. The van der Waals surface area contributed by atoms with E-state index in [0.29, 0.717) is 34.6 Å². The number of nitro benzene ring substituents is 1. The van der Waals surface area contributed by atoms with Crippen LogP contribution < -0.4 is 15.9 Å². The number of rotatable bonds is 6. The molecule has 0 atom stereocenters. The van der Waals surface area contributed by atoms with Gasteiger partial charge in [0.15, 0.2) is 0 Å². The molecule has 144 valence electrons. The molecule has 3 rings (SSSR count). The molecule has 0 aliphatic rings. The number of aromatic nitrogens is 2. The van der Waals surface area contributed by atoms with E-state index >= 15 is 0 Å². The van der Waals surface area contributed by atoms with Crippen LogP contribution in [0.4, 0.5) is 17.3 Å². The highest BCUT2D eigenvalue weighted by Gasteiger charge is 2.15. The standard InChI is InChI=1S/C19H20N6O3/c1-4-24-18(26)14-7-5-6-8-15(14)21-19(24)22-20-12-13-9-10-16(23(2)3)17(11-13)25(27)28/h5-12H,4H2,1-3H3,(H,21,22)/b20-12-. The molecule has 9 heteroatoms. The minimum absolute atomic E-state index is 0.0109. The Labute approximate surface area is 161 Å². The van der Waals surface area contributed by atoms with Crippen molar-refractivity contribution in [2.45, 2.75) is 13.5 Å². The number of nitrogens with one attached hydrogen (secondary N) is 1. The van der Waals surface area contributed by atoms with Gasteiger partial charge in [0, 0.05) is 32.3 Å². The molecule has 28 heavy (non-hydrogen) atoms. The first-order chi connectivity index (χ1) is 13.4. The zero-order valence-electron chi connectivity index (χ0n) is 15.8. The lowest BCUT2D eigenvalue weighted by molar-refractivity contribution is -0.384. The van der Waals surface area contributed by atoms with Crippen molar-refractivity contribution in [3.05, 3.63) is 68.5 Å². The Morgan fingerprint density at radius 3 is 2.71 bits per heavy atom. The number of fused-ring (bicyclic) bond motifs is 1. The second kappa shape index (κ2) is 7.87. The summed E-state index contributed by atoms with van der Waals surface area (Å²) in [5.41, 5.74) is 4.23. The topological polar surface area (TPSA) is 106 Å². The van der Waals surface area contributed by atoms with Gasteiger partial charge < -0.3 is 4.90 Å². The van der Waals surface area contributed by atoms with Gasteiger partial charge in [-0.25, -0.2) is 10.4 Å². The van der Waals surface area contributed by atoms with Gasteiger partial charge in [-0.1, -0.05) is 18.2 Å². The fourth-order valence-corrected chi connectivity index (χ4v) is 2.86. The number of para-hydroxylation sites is 1. The van der Waals surface area contributed by atoms with Crippen LogP contribution in [0.1, 0.15) is 12.5 Å². The molecule has 2 aromatic carbocycles. The third kappa shape index (κ3) is 3.68. The number of nitrogens with zero attached hydrogens (tertiary/aromatic N) is 5. The van der Waals surface area contributed by atoms with Gasteiger partial charge in [-0.3, -0.25) is 19.5 Å². The first kappa shape index (κ1) is 19.0. The van der Waals surface area contributed by atoms with Crippen LogP contribution in [-0.2, 0) is 6.54 Å². The second-order valence-electron chi connectivity index (χ2n) is 6.27. The summed E-state index contributed by atoms with van der Waals surface area (Å²) in [5.74, 6) is 0.307. The normalized spacial score (nSPS) is 11.1. The zero-order valence-corrected chi connectivity index (χ0v) is 15.8. The van der Waals surface area contributed by atoms with Crippen molar-refractivity contribution < 1.29 is 4.92 Å². The van der Waals surface area contributed by atoms with Crippen molar-refractivity contribution in [3.8, 4) is 0 Å². The van der Waals surface area contributed by atoms with E-state index in [9.17, 15) is 14.9 Å². The number of anilines is 2. The van der Waals surface area contributed by atoms with Gasteiger partial charge in [-0.15, -0.1) is 0 Å². The quantitative estimate of drug-likeness (QED) is 0.400. The van der Waals surface area contributed by atoms with Crippen LogP contribution in [0.5, 0.6) is 0 Å². The maximum absolute atomic E-state index is 12.6. The Hall–Kier alpha value is -3.75. The molecule has 0 aliphatic heterocycles. The molecular weight excluding hydrogens is 360 g/mol. The average molecular weight is 380 g/mol. The van der Waals surface area contributed by atoms with E-state index in [4.69, 9.17) is 0 Å². The molecule has 1 aromatic heterocycles. The first-order valence-electron chi connectivity index (χ1n) is 8.66. The van der Waals surface area contributed by atoms with Crippen LogP contribution in [0.2, 0.25) is 0 Å². The second-order valence-corrected chi connectivity index (χ2v) is 6.27. The van der Waals surface area contributed by atoms with E-state index in [0.717, 1.165) is 0 Å². The molecule has 0 bridgehead atoms. The molecule has 0 radical (unpaired) electrons. The van der Waals surface area contributed by atoms with Crippen LogP contribution in [0.3, 0.4) is 0 Å². The minimum Gasteiger partial charge on any atom is -0.372 e. The Morgan fingerprint density at radius 1 is 1.29 bits per heavy atom. The number of hydrazone groups is 1. The summed E-state index contributed by atoms with van der Waals surface area (Å²) < 4.78 is 1.48. The van der Waals surface area contributed by atoms with E-state index in [2.05, 4.69) is 15.5 Å². The molecule has 0 unspecified atom stereocenters. The smallest absolute Gasteiger partial charge is 0.293 e. The van der Waals surface area contributed by atoms with Crippen LogP contribution in [0.25, 0.3) is 10.9 Å². The maximum atomic E-state index is 12.6. The molecule has 3 aromatic rings. The molecule has 0 saturated carbocycles. The zero-order chi connectivity index (χ0) is 20.3. The SMILES string of the molecule is CCn1c(N/N=C\c2ccc(N(C)C)c([N+](=O)[O-])c2)nc2ccccc2c1=O. The highest BCUT2D eigenvalue weighted by atomic mass is 16.6. The average Bonchev–Trinajstić information content (AvgIpc) is 2.68. The molecule has 0 amide bonds. The predicted molar refractivity (Wildman–Crippen MR) is 110 cm³/mol. The molecule has 0 aliphatic carbocycles. The van der Waals surface area contributed by atoms with Crippen molar-refractivity contribution in [1.29, 1.82) is 0 Å². The molecular formula is C19H20N6O3. The fraction of sp³-hybridized carbons (Fsp3) is 0.211. The molecule has 0 saturated heterocycles. The van der Waals surface area contributed by atoms with E-state index in [-0.39, 0.29) is 11.2 Å². The summed E-state index contributed by atoms with van der Waals surface area (Å²) in [4.78, 5) is 29.6. The molecule has 9 nitrogen and oxygen atoms in total. The predicted octanol–water partition coefficient (Wildman–Crippen LogP) is 2.84. The first-order valence-corrected chi connectivity index (χ1v) is 8.66. The lowest BCUT2D eigenvalue weighted by atomic mass is 10.2. The highest BCUT2D eigenvalue weighted by Crippen LogP contribution is 2.27. The van der Waals surface area contributed by atoms with Gasteiger partial charge >= 0.3 is 0 Å². The largest absolute Gasteiger partial charge is 0.372 e. The van der Waals surface area contributed by atoms with Crippen LogP contribution in [0, 0.1) is 10.1 Å². The minimum atomic E-state index is -0.431. The van der Waals surface area contributed by atoms with E-state index in [1.165, 1.54) is 16.8 Å². The summed E-state index contributed by atoms with van der Waals surface area (Å²) in [6.07, 6.45) is 1.45. The van der Waals surface area contributed by atoms with E-state index < -0.39 is 4.92 Å². The summed E-state index contributed by atoms with van der Waals surface area (Å²) in [6, 6.07) is 11.9. The summed E-state index contributed by atoms with van der Waals surface area (Å²) in [6.45, 7) is 2.27. The lowest BCUT2D eigenvalue weighted by Crippen LogP contribution is -2.23. The Morgan fingerprint density at radius 2 is 2.04 bits per heavy atom. The molecule has 1 N–H and O–H groups in total. The third-order valence-electron chi connectivity index (χ3n) is 4.23. The summed E-state index contributed by atoms with van der Waals surface area (Å²) in [7, 11) is 3.49. The summed E-state index contributed by atoms with van der Waals surface area (Å²) >= 11 is 0. The Balaban J connectivity index is 1.92. The molecule has 1 heterocycles. The lowest BCUT2D eigenvalue weighted by Gasteiger charge is -2.12. The van der Waals surface area contributed by atoms with E-state index in [1.807, 2.05) is 13.0 Å². The number of nitro groups is 1. The number of hydrogen-bond donors (Lipinski definition) is 1. The van der Waals surface area contributed by atoms with Gasteiger partial charge in [0.05, 0.1) is 22.0 Å². The van der Waals surface area contributed by atoms with Gasteiger partial charge in [0.25, 0.3) is 11.2 Å². The number of hydrogen-bond acceptors (Lipinski definition) is 7. The van der Waals surface area contributed by atoms with Crippen LogP contribution >= 0.6 is 0 Å². The van der Waals surface area contributed by atoms with Crippen molar-refractivity contribution in [1.82, 2.24) is 9.55 Å². The maximum Gasteiger partial charge on any atom is 0.293 e. The number of benzene rings is 2. The molecule has 0 spiro atoms. The van der Waals surface area contributed by atoms with Crippen molar-refractivity contribution in [2.24, 2.45) is 5.10 Å². The van der Waals surface area contributed by atoms with Crippen molar-refractivity contribution in [3.63, 3.8) is 0 Å². The highest BCUT2D eigenvalue weighted by molar-refractivity contribution is 5.84. The van der Waals surface area contributed by atoms with Gasteiger partial charge in [0.2, 0.25) is 5.95 Å². The van der Waals surface area contributed by atoms with Gasteiger partial charge in [-0.05, 0) is 25.1 Å². The molecule has 0 fully saturated rings. The van der Waals surface area contributed by atoms with Crippen LogP contribution in [-0.4, -0.2) is 34.8 Å². The van der Waals surface area contributed by atoms with Crippen molar-refractivity contribution in [2.75, 3.05) is 24.4 Å². The van der Waals surface area contributed by atoms with Crippen LogP contribution in [0.15, 0.2) is 52.4 Å². The fourth-order valence-electron chi connectivity index (χ4n) is 2.86. The van der Waals surface area contributed by atoms with Gasteiger partial charge in [0.1, 0.15) is 5.69 Å². The Kier molecular flexibility index (Phi) is 5.35. The van der Waals surface area contributed by atoms with Crippen molar-refractivity contribution >= 4 is 34.4 Å². The van der Waals surface area contributed by atoms with Gasteiger partial charge in [-0.2, -0.15) is 5.10 Å². The third-order valence-corrected chi connectivity index (χ3v) is 4.23. The van der Waals surface area contributed by atoms with E-state index in [1.54, 1.807) is 49.3 Å². The summed E-state index contributed by atoms with van der Waals surface area (Å²) in [5, 5.41) is 15.9. The monoisotopic (exact) mass is 380 g/mol.